The lowest BCUT2D eigenvalue weighted by molar-refractivity contribution is 0.548. The van der Waals surface area contributed by atoms with Crippen molar-refractivity contribution in [3.05, 3.63) is 18.0 Å². The molecule has 1 aromatic rings. The second-order valence-electron chi connectivity index (χ2n) is 4.34. The largest absolute Gasteiger partial charge is 0.354 e. The predicted octanol–water partition coefficient (Wildman–Crippen LogP) is 1.45. The summed E-state index contributed by atoms with van der Waals surface area (Å²) in [4.78, 5) is 8.55. The fourth-order valence-corrected chi connectivity index (χ4v) is 1.98. The molecule has 1 fully saturated rings. The second-order valence-corrected chi connectivity index (χ2v) is 4.34. The normalized spacial score (nSPS) is 19.9. The van der Waals surface area contributed by atoms with Gasteiger partial charge < -0.3 is 10.6 Å². The van der Waals surface area contributed by atoms with Crippen LogP contribution in [-0.2, 0) is 6.42 Å². The minimum atomic E-state index is 0.753. The van der Waals surface area contributed by atoms with Gasteiger partial charge in [-0.15, -0.1) is 0 Å². The minimum absolute atomic E-state index is 0.753. The van der Waals surface area contributed by atoms with Gasteiger partial charge in [-0.1, -0.05) is 6.92 Å². The standard InChI is InChI=1S/C12H20N4/c1-2-10-8-15-12(16-9-10)14-6-4-11-3-5-13-7-11/h8-9,11,13H,2-7H2,1H3,(H,14,15,16). The number of hydrogen-bond acceptors (Lipinski definition) is 4. The van der Waals surface area contributed by atoms with Crippen LogP contribution in [-0.4, -0.2) is 29.6 Å². The van der Waals surface area contributed by atoms with Crippen LogP contribution >= 0.6 is 0 Å². The average Bonchev–Trinajstić information content (AvgIpc) is 2.83. The quantitative estimate of drug-likeness (QED) is 0.788. The van der Waals surface area contributed by atoms with E-state index in [1.54, 1.807) is 0 Å². The summed E-state index contributed by atoms with van der Waals surface area (Å²) in [5, 5.41) is 6.65. The number of aromatic nitrogens is 2. The first kappa shape index (κ1) is 11.3. The summed E-state index contributed by atoms with van der Waals surface area (Å²) in [5.74, 6) is 1.57. The summed E-state index contributed by atoms with van der Waals surface area (Å²) in [6, 6.07) is 0. The van der Waals surface area contributed by atoms with Crippen LogP contribution in [0.25, 0.3) is 0 Å². The van der Waals surface area contributed by atoms with Gasteiger partial charge in [0.05, 0.1) is 0 Å². The van der Waals surface area contributed by atoms with Gasteiger partial charge in [0.1, 0.15) is 0 Å². The maximum absolute atomic E-state index is 4.28. The van der Waals surface area contributed by atoms with Crippen molar-refractivity contribution >= 4 is 5.95 Å². The molecule has 2 rings (SSSR count). The Morgan fingerprint density at radius 2 is 2.25 bits per heavy atom. The molecule has 16 heavy (non-hydrogen) atoms. The van der Waals surface area contributed by atoms with Gasteiger partial charge in [0, 0.05) is 18.9 Å². The van der Waals surface area contributed by atoms with E-state index < -0.39 is 0 Å². The summed E-state index contributed by atoms with van der Waals surface area (Å²) in [6.45, 7) is 5.42. The van der Waals surface area contributed by atoms with E-state index in [1.165, 1.54) is 24.9 Å². The number of hydrogen-bond donors (Lipinski definition) is 2. The molecule has 4 heteroatoms. The van der Waals surface area contributed by atoms with Crippen LogP contribution in [0.5, 0.6) is 0 Å². The average molecular weight is 220 g/mol. The number of nitrogens with zero attached hydrogens (tertiary/aromatic N) is 2. The Morgan fingerprint density at radius 1 is 1.44 bits per heavy atom. The molecule has 0 radical (unpaired) electrons. The van der Waals surface area contributed by atoms with Crippen LogP contribution in [0.4, 0.5) is 5.95 Å². The zero-order valence-electron chi connectivity index (χ0n) is 9.87. The van der Waals surface area contributed by atoms with Crippen LogP contribution in [0.2, 0.25) is 0 Å². The SMILES string of the molecule is CCc1cnc(NCCC2CCNC2)nc1. The number of rotatable bonds is 5. The third kappa shape index (κ3) is 3.17. The molecule has 2 heterocycles. The lowest BCUT2D eigenvalue weighted by Crippen LogP contribution is -2.13. The van der Waals surface area contributed by atoms with E-state index in [4.69, 9.17) is 0 Å². The molecule has 0 saturated carbocycles. The predicted molar refractivity (Wildman–Crippen MR) is 65.5 cm³/mol. The molecule has 1 unspecified atom stereocenters. The molecule has 2 N–H and O–H groups in total. The smallest absolute Gasteiger partial charge is 0.222 e. The van der Waals surface area contributed by atoms with Gasteiger partial charge >= 0.3 is 0 Å². The number of aryl methyl sites for hydroxylation is 1. The molecule has 4 nitrogen and oxygen atoms in total. The van der Waals surface area contributed by atoms with Gasteiger partial charge in [-0.2, -0.15) is 0 Å². The molecule has 1 aromatic heterocycles. The molecule has 0 aromatic carbocycles. The van der Waals surface area contributed by atoms with Gasteiger partial charge in [0.15, 0.2) is 0 Å². The van der Waals surface area contributed by atoms with Crippen LogP contribution in [0.15, 0.2) is 12.4 Å². The van der Waals surface area contributed by atoms with Crippen molar-refractivity contribution < 1.29 is 0 Å². The molecule has 0 bridgehead atoms. The second kappa shape index (κ2) is 5.80. The third-order valence-corrected chi connectivity index (χ3v) is 3.11. The van der Waals surface area contributed by atoms with Crippen LogP contribution < -0.4 is 10.6 Å². The van der Waals surface area contributed by atoms with E-state index in [2.05, 4.69) is 27.5 Å². The summed E-state index contributed by atoms with van der Waals surface area (Å²) in [7, 11) is 0. The first-order valence-corrected chi connectivity index (χ1v) is 6.14. The van der Waals surface area contributed by atoms with Crippen molar-refractivity contribution in [2.75, 3.05) is 25.0 Å². The molecule has 0 aliphatic carbocycles. The number of anilines is 1. The lowest BCUT2D eigenvalue weighted by atomic mass is 10.1. The Kier molecular flexibility index (Phi) is 4.10. The highest BCUT2D eigenvalue weighted by molar-refractivity contribution is 5.24. The summed E-state index contributed by atoms with van der Waals surface area (Å²) < 4.78 is 0. The fraction of sp³-hybridized carbons (Fsp3) is 0.667. The van der Waals surface area contributed by atoms with Gasteiger partial charge in [-0.3, -0.25) is 0 Å². The van der Waals surface area contributed by atoms with Crippen molar-refractivity contribution in [3.8, 4) is 0 Å². The number of nitrogens with one attached hydrogen (secondary N) is 2. The topological polar surface area (TPSA) is 49.8 Å². The zero-order chi connectivity index (χ0) is 11.2. The van der Waals surface area contributed by atoms with Crippen molar-refractivity contribution in [3.63, 3.8) is 0 Å². The maximum atomic E-state index is 4.28. The van der Waals surface area contributed by atoms with Crippen LogP contribution in [0.1, 0.15) is 25.3 Å². The summed E-state index contributed by atoms with van der Waals surface area (Å²) in [6.07, 6.45) is 7.29. The molecule has 1 saturated heterocycles. The van der Waals surface area contributed by atoms with E-state index in [1.807, 2.05) is 12.4 Å². The molecular formula is C12H20N4. The Hall–Kier alpha value is -1.16. The van der Waals surface area contributed by atoms with Crippen molar-refractivity contribution in [1.82, 2.24) is 15.3 Å². The van der Waals surface area contributed by atoms with Crippen molar-refractivity contribution in [2.24, 2.45) is 5.92 Å². The highest BCUT2D eigenvalue weighted by atomic mass is 15.1. The molecule has 0 spiro atoms. The molecule has 1 aliphatic rings. The zero-order valence-corrected chi connectivity index (χ0v) is 9.87. The van der Waals surface area contributed by atoms with Gasteiger partial charge in [-0.25, -0.2) is 9.97 Å². The first-order chi connectivity index (χ1) is 7.88. The maximum Gasteiger partial charge on any atom is 0.222 e. The van der Waals surface area contributed by atoms with E-state index in [0.717, 1.165) is 31.4 Å². The van der Waals surface area contributed by atoms with Crippen molar-refractivity contribution in [2.45, 2.75) is 26.2 Å². The van der Waals surface area contributed by atoms with Crippen LogP contribution in [0, 0.1) is 5.92 Å². The Balaban J connectivity index is 1.71. The van der Waals surface area contributed by atoms with E-state index in [-0.39, 0.29) is 0 Å². The van der Waals surface area contributed by atoms with E-state index in [9.17, 15) is 0 Å². The lowest BCUT2D eigenvalue weighted by Gasteiger charge is -2.09. The summed E-state index contributed by atoms with van der Waals surface area (Å²) in [5.41, 5.74) is 1.19. The van der Waals surface area contributed by atoms with Crippen LogP contribution in [0.3, 0.4) is 0 Å². The Morgan fingerprint density at radius 3 is 2.88 bits per heavy atom. The monoisotopic (exact) mass is 220 g/mol. The third-order valence-electron chi connectivity index (χ3n) is 3.11. The van der Waals surface area contributed by atoms with Gasteiger partial charge in [-0.05, 0) is 43.8 Å². The Labute approximate surface area is 96.9 Å². The van der Waals surface area contributed by atoms with Gasteiger partial charge in [0.25, 0.3) is 0 Å². The van der Waals surface area contributed by atoms with Crippen molar-refractivity contribution in [1.29, 1.82) is 0 Å². The first-order valence-electron chi connectivity index (χ1n) is 6.14. The van der Waals surface area contributed by atoms with E-state index >= 15 is 0 Å². The molecule has 1 aliphatic heterocycles. The van der Waals surface area contributed by atoms with E-state index in [0.29, 0.717) is 0 Å². The molecular weight excluding hydrogens is 200 g/mol. The van der Waals surface area contributed by atoms with Gasteiger partial charge in [0.2, 0.25) is 5.95 Å². The molecule has 0 amide bonds. The molecule has 88 valence electrons. The summed E-state index contributed by atoms with van der Waals surface area (Å²) >= 11 is 0. The fourth-order valence-electron chi connectivity index (χ4n) is 1.98. The highest BCUT2D eigenvalue weighted by Gasteiger charge is 2.13. The minimum Gasteiger partial charge on any atom is -0.354 e. The highest BCUT2D eigenvalue weighted by Crippen LogP contribution is 2.11. The Bertz CT molecular complexity index is 303. The molecule has 1 atom stereocenters.